The maximum absolute atomic E-state index is 13.7. The Labute approximate surface area is 222 Å². The lowest BCUT2D eigenvalue weighted by atomic mass is 10.1. The Bertz CT molecular complexity index is 1470. The highest BCUT2D eigenvalue weighted by molar-refractivity contribution is 7.80. The molecule has 0 atom stereocenters. The number of rotatable bonds is 6. The number of nitrogens with one attached hydrogen (secondary N) is 2. The maximum atomic E-state index is 13.7. The van der Waals surface area contributed by atoms with Crippen LogP contribution in [-0.2, 0) is 14.4 Å². The zero-order chi connectivity index (χ0) is 26.7. The highest BCUT2D eigenvalue weighted by Crippen LogP contribution is 2.28. The van der Waals surface area contributed by atoms with Crippen LogP contribution in [0, 0.1) is 19.7 Å². The van der Waals surface area contributed by atoms with E-state index in [4.69, 9.17) is 28.6 Å². The van der Waals surface area contributed by atoms with Gasteiger partial charge in [-0.15, -0.1) is 0 Å². The average Bonchev–Trinajstić information content (AvgIpc) is 2.84. The first kappa shape index (κ1) is 26.0. The fourth-order valence-corrected chi connectivity index (χ4v) is 4.06. The van der Waals surface area contributed by atoms with Crippen LogP contribution >= 0.6 is 23.8 Å². The first-order valence-corrected chi connectivity index (χ1v) is 11.9. The van der Waals surface area contributed by atoms with Gasteiger partial charge in [-0.1, -0.05) is 35.9 Å². The number of halogens is 2. The molecule has 1 aliphatic heterocycles. The maximum Gasteiger partial charge on any atom is 0.270 e. The molecule has 188 valence electrons. The molecule has 7 nitrogen and oxygen atoms in total. The van der Waals surface area contributed by atoms with E-state index in [2.05, 4.69) is 10.6 Å². The van der Waals surface area contributed by atoms with Crippen molar-refractivity contribution >= 4 is 64.1 Å². The molecule has 3 aromatic carbocycles. The molecule has 3 aromatic rings. The molecule has 0 unspecified atom stereocenters. The standard InChI is InChI=1S/C27H21ClFN3O4S/c1-15-7-9-18(11-16(15)2)32-26(35)19(25(34)31-27(32)37)12-17-8-10-23(20(28)13-17)36-14-24(33)30-22-6-4-3-5-21(22)29/h3-13H,14H2,1-2H3,(H,30,33)(H,31,34,37)/b19-12+. The molecule has 1 saturated heterocycles. The summed E-state index contributed by atoms with van der Waals surface area (Å²) in [6, 6.07) is 15.8. The molecule has 1 fully saturated rings. The number of carbonyl (C=O) groups is 3. The van der Waals surface area contributed by atoms with Gasteiger partial charge in [0.15, 0.2) is 11.7 Å². The molecular weight excluding hydrogens is 517 g/mol. The van der Waals surface area contributed by atoms with Crippen molar-refractivity contribution in [2.24, 2.45) is 0 Å². The van der Waals surface area contributed by atoms with Crippen molar-refractivity contribution in [2.75, 3.05) is 16.8 Å². The van der Waals surface area contributed by atoms with Crippen molar-refractivity contribution in [3.8, 4) is 5.75 Å². The van der Waals surface area contributed by atoms with Crippen LogP contribution < -0.4 is 20.3 Å². The number of ether oxygens (including phenoxy) is 1. The van der Waals surface area contributed by atoms with Gasteiger partial charge in [0.1, 0.15) is 17.1 Å². The van der Waals surface area contributed by atoms with Gasteiger partial charge >= 0.3 is 0 Å². The summed E-state index contributed by atoms with van der Waals surface area (Å²) in [5.74, 6) is -2.14. The monoisotopic (exact) mass is 537 g/mol. The number of anilines is 2. The van der Waals surface area contributed by atoms with E-state index in [9.17, 15) is 18.8 Å². The predicted octanol–water partition coefficient (Wildman–Crippen LogP) is 4.94. The van der Waals surface area contributed by atoms with Crippen molar-refractivity contribution in [3.63, 3.8) is 0 Å². The molecule has 0 aliphatic carbocycles. The van der Waals surface area contributed by atoms with Crippen molar-refractivity contribution < 1.29 is 23.5 Å². The zero-order valence-electron chi connectivity index (χ0n) is 19.8. The number of aryl methyl sites for hydroxylation is 2. The highest BCUT2D eigenvalue weighted by atomic mass is 35.5. The first-order valence-electron chi connectivity index (χ1n) is 11.1. The van der Waals surface area contributed by atoms with Crippen LogP contribution in [-0.4, -0.2) is 29.4 Å². The minimum absolute atomic E-state index is 0.00848. The second-order valence-electron chi connectivity index (χ2n) is 8.23. The van der Waals surface area contributed by atoms with E-state index in [0.29, 0.717) is 11.3 Å². The summed E-state index contributed by atoms with van der Waals surface area (Å²) in [6.45, 7) is 3.47. The Hall–Kier alpha value is -4.08. The van der Waals surface area contributed by atoms with Gasteiger partial charge in [0.25, 0.3) is 17.7 Å². The van der Waals surface area contributed by atoms with Gasteiger partial charge in [0, 0.05) is 0 Å². The lowest BCUT2D eigenvalue weighted by molar-refractivity contribution is -0.122. The van der Waals surface area contributed by atoms with Gasteiger partial charge in [-0.3, -0.25) is 24.6 Å². The third kappa shape index (κ3) is 5.84. The summed E-state index contributed by atoms with van der Waals surface area (Å²) in [6.07, 6.45) is 1.40. The number of hydrogen-bond donors (Lipinski definition) is 2. The molecule has 10 heteroatoms. The van der Waals surface area contributed by atoms with Gasteiger partial charge in [-0.05, 0) is 85.2 Å². The van der Waals surface area contributed by atoms with Crippen LogP contribution in [0.5, 0.6) is 5.75 Å². The highest BCUT2D eigenvalue weighted by Gasteiger charge is 2.34. The molecular formula is C27H21ClFN3O4S. The molecule has 0 aromatic heterocycles. The minimum atomic E-state index is -0.628. The van der Waals surface area contributed by atoms with Crippen LogP contribution in [0.15, 0.2) is 66.2 Å². The van der Waals surface area contributed by atoms with Crippen molar-refractivity contribution in [2.45, 2.75) is 13.8 Å². The van der Waals surface area contributed by atoms with E-state index >= 15 is 0 Å². The molecule has 37 heavy (non-hydrogen) atoms. The summed E-state index contributed by atoms with van der Waals surface area (Å²) in [4.78, 5) is 39.2. The van der Waals surface area contributed by atoms with Gasteiger partial charge in [-0.2, -0.15) is 0 Å². The fourth-order valence-electron chi connectivity index (χ4n) is 3.54. The first-order chi connectivity index (χ1) is 17.6. The summed E-state index contributed by atoms with van der Waals surface area (Å²) < 4.78 is 19.1. The molecule has 0 radical (unpaired) electrons. The average molecular weight is 538 g/mol. The third-order valence-electron chi connectivity index (χ3n) is 5.62. The van der Waals surface area contributed by atoms with E-state index in [1.807, 2.05) is 26.0 Å². The number of para-hydroxylation sites is 1. The normalized spacial score (nSPS) is 14.5. The number of thiocarbonyl (C=S) groups is 1. The number of carbonyl (C=O) groups excluding carboxylic acids is 3. The van der Waals surface area contributed by atoms with Crippen LogP contribution in [0.2, 0.25) is 5.02 Å². The van der Waals surface area contributed by atoms with Crippen LogP contribution in [0.3, 0.4) is 0 Å². The lowest BCUT2D eigenvalue weighted by Gasteiger charge is -2.29. The summed E-state index contributed by atoms with van der Waals surface area (Å²) in [7, 11) is 0. The van der Waals surface area contributed by atoms with Crippen molar-refractivity contribution in [1.82, 2.24) is 5.32 Å². The van der Waals surface area contributed by atoms with E-state index in [1.54, 1.807) is 18.2 Å². The molecule has 0 saturated carbocycles. The molecule has 1 aliphatic rings. The van der Waals surface area contributed by atoms with E-state index in [-0.39, 0.29) is 27.1 Å². The lowest BCUT2D eigenvalue weighted by Crippen LogP contribution is -2.54. The van der Waals surface area contributed by atoms with Gasteiger partial charge in [-0.25, -0.2) is 4.39 Å². The van der Waals surface area contributed by atoms with E-state index < -0.39 is 30.1 Å². The Morgan fingerprint density at radius 1 is 1.11 bits per heavy atom. The van der Waals surface area contributed by atoms with Crippen molar-refractivity contribution in [1.29, 1.82) is 0 Å². The Balaban J connectivity index is 1.49. The number of benzene rings is 3. The van der Waals surface area contributed by atoms with Gasteiger partial charge in [0.2, 0.25) is 0 Å². The number of nitrogens with zero attached hydrogens (tertiary/aromatic N) is 1. The quantitative estimate of drug-likeness (QED) is 0.264. The molecule has 0 spiro atoms. The SMILES string of the molecule is Cc1ccc(N2C(=O)/C(=C/c3ccc(OCC(=O)Nc4ccccc4F)c(Cl)c3)C(=O)NC2=S)cc1C. The minimum Gasteiger partial charge on any atom is -0.482 e. The fraction of sp³-hybridized carbons (Fsp3) is 0.111. The number of hydrogen-bond acceptors (Lipinski definition) is 5. The molecule has 1 heterocycles. The zero-order valence-corrected chi connectivity index (χ0v) is 21.4. The van der Waals surface area contributed by atoms with E-state index in [1.165, 1.54) is 41.3 Å². The second kappa shape index (κ2) is 10.9. The van der Waals surface area contributed by atoms with Crippen LogP contribution in [0.1, 0.15) is 16.7 Å². The molecule has 2 N–H and O–H groups in total. The second-order valence-corrected chi connectivity index (χ2v) is 9.03. The predicted molar refractivity (Wildman–Crippen MR) is 144 cm³/mol. The molecule has 4 rings (SSSR count). The summed E-state index contributed by atoms with van der Waals surface area (Å²) in [5, 5.41) is 5.10. The topological polar surface area (TPSA) is 87.7 Å². The van der Waals surface area contributed by atoms with Crippen LogP contribution in [0.25, 0.3) is 6.08 Å². The largest absolute Gasteiger partial charge is 0.482 e. The van der Waals surface area contributed by atoms with Crippen LogP contribution in [0.4, 0.5) is 15.8 Å². The van der Waals surface area contributed by atoms with Crippen molar-refractivity contribution in [3.05, 3.63) is 93.8 Å². The summed E-state index contributed by atoms with van der Waals surface area (Å²) in [5.41, 5.74) is 2.94. The third-order valence-corrected chi connectivity index (χ3v) is 6.20. The Kier molecular flexibility index (Phi) is 7.66. The molecule has 0 bridgehead atoms. The smallest absolute Gasteiger partial charge is 0.270 e. The van der Waals surface area contributed by atoms with Gasteiger partial charge < -0.3 is 10.1 Å². The molecule has 3 amide bonds. The number of amides is 3. The Morgan fingerprint density at radius 3 is 2.57 bits per heavy atom. The summed E-state index contributed by atoms with van der Waals surface area (Å²) >= 11 is 11.6. The Morgan fingerprint density at radius 2 is 1.86 bits per heavy atom. The van der Waals surface area contributed by atoms with E-state index in [0.717, 1.165) is 11.1 Å². The van der Waals surface area contributed by atoms with Gasteiger partial charge in [0.05, 0.1) is 16.4 Å².